The van der Waals surface area contributed by atoms with Gasteiger partial charge < -0.3 is 5.11 Å². The molecule has 1 aromatic carbocycles. The Morgan fingerprint density at radius 3 is 2.60 bits per heavy atom. The first-order valence-corrected chi connectivity index (χ1v) is 8.32. The Morgan fingerprint density at radius 2 is 1.96 bits per heavy atom. The molecular weight excluding hydrogens is 351 g/mol. The fourth-order valence-corrected chi connectivity index (χ4v) is 3.20. The predicted octanol–water partition coefficient (Wildman–Crippen LogP) is 1.76. The van der Waals surface area contributed by atoms with Crippen molar-refractivity contribution in [3.63, 3.8) is 0 Å². The summed E-state index contributed by atoms with van der Waals surface area (Å²) in [5.74, 6) is -1.68. The topological polar surface area (TPSA) is 118 Å². The minimum absolute atomic E-state index is 0.0649. The second-order valence-electron chi connectivity index (χ2n) is 4.92. The van der Waals surface area contributed by atoms with Crippen molar-refractivity contribution in [3.05, 3.63) is 72.3 Å². The number of benzene rings is 1. The van der Waals surface area contributed by atoms with Crippen LogP contribution in [0.2, 0.25) is 0 Å². The summed E-state index contributed by atoms with van der Waals surface area (Å²) in [4.78, 5) is 15.4. The molecule has 0 spiro atoms. The van der Waals surface area contributed by atoms with Crippen molar-refractivity contribution >= 4 is 21.6 Å². The highest BCUT2D eigenvalue weighted by molar-refractivity contribution is 7.90. The second-order valence-corrected chi connectivity index (χ2v) is 6.76. The lowest BCUT2D eigenvalue weighted by Gasteiger charge is -2.05. The number of H-pyrrole nitrogens is 1. The van der Waals surface area contributed by atoms with Crippen LogP contribution in [0.5, 0.6) is 0 Å². The highest BCUT2D eigenvalue weighted by Crippen LogP contribution is 2.19. The molecule has 10 heteroatoms. The monoisotopic (exact) mass is 362 g/mol. The number of rotatable bonds is 5. The molecule has 0 aliphatic rings. The molecular formula is C15H11FN4O4S. The van der Waals surface area contributed by atoms with Crippen molar-refractivity contribution in [2.75, 3.05) is 0 Å². The van der Waals surface area contributed by atoms with Crippen molar-refractivity contribution < 1.29 is 22.7 Å². The minimum atomic E-state index is -3.94. The van der Waals surface area contributed by atoms with E-state index in [1.807, 2.05) is 0 Å². The fourth-order valence-electron chi connectivity index (χ4n) is 2.01. The molecule has 3 aromatic rings. The Hall–Kier alpha value is -3.27. The van der Waals surface area contributed by atoms with Gasteiger partial charge in [0.05, 0.1) is 4.90 Å². The number of carbonyl (C=O) groups is 1. The molecule has 2 N–H and O–H groups in total. The Kier molecular flexibility index (Phi) is 4.19. The van der Waals surface area contributed by atoms with Gasteiger partial charge in [-0.2, -0.15) is 5.10 Å². The van der Waals surface area contributed by atoms with Gasteiger partial charge in [-0.15, -0.1) is 0 Å². The highest BCUT2D eigenvalue weighted by atomic mass is 32.2. The fraction of sp³-hybridized carbons (Fsp3) is 0. The summed E-state index contributed by atoms with van der Waals surface area (Å²) in [6, 6.07) is 5.65. The van der Waals surface area contributed by atoms with E-state index in [9.17, 15) is 22.7 Å². The SMILES string of the molecule is O=C(C=C(O)c1ccn(S(=O)(=O)c2ccc(F)cc2)c1)c1ncn[nH]1. The lowest BCUT2D eigenvalue weighted by Crippen LogP contribution is -2.10. The summed E-state index contributed by atoms with van der Waals surface area (Å²) in [6.45, 7) is 0. The van der Waals surface area contributed by atoms with E-state index in [4.69, 9.17) is 0 Å². The first-order valence-electron chi connectivity index (χ1n) is 6.88. The van der Waals surface area contributed by atoms with Crippen molar-refractivity contribution in [3.8, 4) is 0 Å². The van der Waals surface area contributed by atoms with E-state index in [0.717, 1.165) is 46.8 Å². The number of hydrogen-bond donors (Lipinski definition) is 2. The van der Waals surface area contributed by atoms with Gasteiger partial charge >= 0.3 is 0 Å². The third-order valence-electron chi connectivity index (χ3n) is 3.27. The maximum Gasteiger partial charge on any atom is 0.267 e. The standard InChI is InChI=1S/C15H11FN4O4S/c16-11-1-3-12(4-2-11)25(23,24)20-6-5-10(8-20)13(21)7-14(22)15-17-9-18-19-15/h1-9,21H,(H,17,18,19). The van der Waals surface area contributed by atoms with Crippen LogP contribution in [0.3, 0.4) is 0 Å². The molecule has 2 heterocycles. The molecule has 0 bridgehead atoms. The molecule has 0 unspecified atom stereocenters. The zero-order valence-corrected chi connectivity index (χ0v) is 13.3. The number of aromatic nitrogens is 4. The molecule has 2 aromatic heterocycles. The van der Waals surface area contributed by atoms with Crippen LogP contribution in [0.4, 0.5) is 4.39 Å². The van der Waals surface area contributed by atoms with Gasteiger partial charge in [0.2, 0.25) is 5.78 Å². The first kappa shape index (κ1) is 16.6. The first-order chi connectivity index (χ1) is 11.9. The van der Waals surface area contributed by atoms with E-state index in [0.29, 0.717) is 0 Å². The number of aliphatic hydroxyl groups excluding tert-OH is 1. The maximum absolute atomic E-state index is 12.9. The Balaban J connectivity index is 1.89. The van der Waals surface area contributed by atoms with Crippen molar-refractivity contribution in [1.29, 1.82) is 0 Å². The van der Waals surface area contributed by atoms with Crippen LogP contribution in [0.15, 0.2) is 60.0 Å². The van der Waals surface area contributed by atoms with Gasteiger partial charge in [0.15, 0.2) is 5.82 Å². The lowest BCUT2D eigenvalue weighted by molar-refractivity contribution is 0.103. The number of hydrogen-bond acceptors (Lipinski definition) is 6. The van der Waals surface area contributed by atoms with Crippen LogP contribution in [0, 0.1) is 5.82 Å². The molecule has 0 amide bonds. The summed E-state index contributed by atoms with van der Waals surface area (Å²) in [5.41, 5.74) is 0.110. The average Bonchev–Trinajstić information content (AvgIpc) is 3.27. The molecule has 0 aliphatic heterocycles. The number of aliphatic hydroxyl groups is 1. The molecule has 8 nitrogen and oxygen atoms in total. The van der Waals surface area contributed by atoms with E-state index in [2.05, 4.69) is 15.2 Å². The van der Waals surface area contributed by atoms with Crippen LogP contribution < -0.4 is 0 Å². The molecule has 0 radical (unpaired) electrons. The number of ketones is 1. The summed E-state index contributed by atoms with van der Waals surface area (Å²) in [6.07, 6.45) is 4.38. The smallest absolute Gasteiger partial charge is 0.267 e. The number of carbonyl (C=O) groups excluding carboxylic acids is 1. The predicted molar refractivity (Wildman–Crippen MR) is 84.7 cm³/mol. The number of halogens is 1. The average molecular weight is 362 g/mol. The second kappa shape index (κ2) is 6.32. The van der Waals surface area contributed by atoms with Crippen molar-refractivity contribution in [1.82, 2.24) is 19.2 Å². The normalized spacial score (nSPS) is 12.3. The van der Waals surface area contributed by atoms with Gasteiger partial charge in [0.1, 0.15) is 17.9 Å². The molecule has 0 aliphatic carbocycles. The van der Waals surface area contributed by atoms with Gasteiger partial charge in [-0.25, -0.2) is 21.8 Å². The van der Waals surface area contributed by atoms with E-state index >= 15 is 0 Å². The molecule has 25 heavy (non-hydrogen) atoms. The molecule has 0 atom stereocenters. The van der Waals surface area contributed by atoms with Crippen molar-refractivity contribution in [2.24, 2.45) is 0 Å². The third-order valence-corrected chi connectivity index (χ3v) is 4.92. The lowest BCUT2D eigenvalue weighted by atomic mass is 10.2. The summed E-state index contributed by atoms with van der Waals surface area (Å²) < 4.78 is 38.7. The maximum atomic E-state index is 12.9. The molecule has 3 rings (SSSR count). The number of allylic oxidation sites excluding steroid dienone is 1. The largest absolute Gasteiger partial charge is 0.507 e. The Labute approximate surface area is 141 Å². The number of nitrogens with one attached hydrogen (secondary N) is 1. The van der Waals surface area contributed by atoms with Crippen LogP contribution in [-0.2, 0) is 10.0 Å². The minimum Gasteiger partial charge on any atom is -0.507 e. The third kappa shape index (κ3) is 3.33. The quantitative estimate of drug-likeness (QED) is 0.406. The number of aromatic amines is 1. The Bertz CT molecular complexity index is 1040. The van der Waals surface area contributed by atoms with E-state index in [1.54, 1.807) is 0 Å². The summed E-state index contributed by atoms with van der Waals surface area (Å²) >= 11 is 0. The molecule has 0 saturated heterocycles. The zero-order valence-electron chi connectivity index (χ0n) is 12.5. The van der Waals surface area contributed by atoms with Crippen LogP contribution in [-0.4, -0.2) is 38.5 Å². The van der Waals surface area contributed by atoms with Gasteiger partial charge in [-0.05, 0) is 30.3 Å². The van der Waals surface area contributed by atoms with Gasteiger partial charge in [-0.3, -0.25) is 9.89 Å². The van der Waals surface area contributed by atoms with E-state index in [-0.39, 0.29) is 16.3 Å². The van der Waals surface area contributed by atoms with Crippen molar-refractivity contribution in [2.45, 2.75) is 4.90 Å². The van der Waals surface area contributed by atoms with Crippen LogP contribution in [0.25, 0.3) is 5.76 Å². The van der Waals surface area contributed by atoms with Gasteiger partial charge in [0, 0.05) is 24.0 Å². The van der Waals surface area contributed by atoms with Gasteiger partial charge in [-0.1, -0.05) is 0 Å². The molecule has 128 valence electrons. The summed E-state index contributed by atoms with van der Waals surface area (Å²) in [7, 11) is -3.94. The zero-order chi connectivity index (χ0) is 18.0. The van der Waals surface area contributed by atoms with Gasteiger partial charge in [0.25, 0.3) is 10.0 Å². The number of nitrogens with zero attached hydrogens (tertiary/aromatic N) is 3. The Morgan fingerprint density at radius 1 is 1.24 bits per heavy atom. The highest BCUT2D eigenvalue weighted by Gasteiger charge is 2.18. The van der Waals surface area contributed by atoms with E-state index in [1.165, 1.54) is 12.3 Å². The molecule has 0 fully saturated rings. The molecule has 0 saturated carbocycles. The summed E-state index contributed by atoms with van der Waals surface area (Å²) in [5, 5.41) is 15.9. The van der Waals surface area contributed by atoms with Crippen LogP contribution in [0.1, 0.15) is 16.2 Å². The van der Waals surface area contributed by atoms with Crippen LogP contribution >= 0.6 is 0 Å². The van der Waals surface area contributed by atoms with E-state index < -0.39 is 27.4 Å².